The van der Waals surface area contributed by atoms with E-state index in [1.54, 1.807) is 0 Å². The summed E-state index contributed by atoms with van der Waals surface area (Å²) in [6, 6.07) is 0.322. The minimum absolute atomic E-state index is 0.0796. The van der Waals surface area contributed by atoms with Gasteiger partial charge in [0.05, 0.1) is 6.54 Å². The third-order valence-electron chi connectivity index (χ3n) is 3.73. The summed E-state index contributed by atoms with van der Waals surface area (Å²) in [5, 5.41) is 0. The van der Waals surface area contributed by atoms with Crippen molar-refractivity contribution in [3.63, 3.8) is 0 Å². The van der Waals surface area contributed by atoms with Crippen molar-refractivity contribution in [2.45, 2.75) is 52.1 Å². The fraction of sp³-hybridized carbons (Fsp3) is 0.923. The van der Waals surface area contributed by atoms with Gasteiger partial charge in [-0.05, 0) is 39.3 Å². The van der Waals surface area contributed by atoms with E-state index in [9.17, 15) is 4.79 Å². The van der Waals surface area contributed by atoms with E-state index in [1.165, 1.54) is 6.42 Å². The first kappa shape index (κ1) is 14.5. The van der Waals surface area contributed by atoms with Gasteiger partial charge in [0.25, 0.3) is 0 Å². The second-order valence-electron chi connectivity index (χ2n) is 4.97. The molecule has 100 valence electrons. The van der Waals surface area contributed by atoms with E-state index in [4.69, 9.17) is 5.73 Å². The molecule has 0 aromatic rings. The van der Waals surface area contributed by atoms with Crippen LogP contribution in [0.1, 0.15) is 40.0 Å². The Labute approximate surface area is 105 Å². The Morgan fingerprint density at radius 3 is 2.59 bits per heavy atom. The van der Waals surface area contributed by atoms with Crippen LogP contribution < -0.4 is 5.73 Å². The third kappa shape index (κ3) is 3.96. The van der Waals surface area contributed by atoms with E-state index in [-0.39, 0.29) is 18.0 Å². The maximum absolute atomic E-state index is 12.3. The Morgan fingerprint density at radius 1 is 1.41 bits per heavy atom. The highest BCUT2D eigenvalue weighted by atomic mass is 16.2. The van der Waals surface area contributed by atoms with Gasteiger partial charge in [0.15, 0.2) is 0 Å². The number of amides is 1. The van der Waals surface area contributed by atoms with Crippen molar-refractivity contribution < 1.29 is 4.79 Å². The Kier molecular flexibility index (Phi) is 5.92. The summed E-state index contributed by atoms with van der Waals surface area (Å²) in [6.45, 7) is 9.47. The molecule has 0 radical (unpaired) electrons. The van der Waals surface area contributed by atoms with Gasteiger partial charge in [-0.2, -0.15) is 0 Å². The third-order valence-corrected chi connectivity index (χ3v) is 3.73. The van der Waals surface area contributed by atoms with Crippen LogP contribution in [-0.4, -0.2) is 54.0 Å². The molecule has 1 heterocycles. The summed E-state index contributed by atoms with van der Waals surface area (Å²) >= 11 is 0. The number of rotatable bonds is 5. The first-order chi connectivity index (χ1) is 8.10. The Morgan fingerprint density at radius 2 is 2.06 bits per heavy atom. The van der Waals surface area contributed by atoms with Crippen molar-refractivity contribution in [1.29, 1.82) is 0 Å². The summed E-state index contributed by atoms with van der Waals surface area (Å²) in [5.74, 6) is 0.246. The van der Waals surface area contributed by atoms with Crippen LogP contribution in [0.5, 0.6) is 0 Å². The lowest BCUT2D eigenvalue weighted by molar-refractivity contribution is -0.136. The molecule has 2 unspecified atom stereocenters. The Balaban J connectivity index is 2.58. The molecule has 4 nitrogen and oxygen atoms in total. The van der Waals surface area contributed by atoms with Gasteiger partial charge >= 0.3 is 0 Å². The van der Waals surface area contributed by atoms with E-state index in [0.717, 1.165) is 32.5 Å². The number of likely N-dealkylation sites (tertiary alicyclic amines) is 1. The minimum Gasteiger partial charge on any atom is -0.337 e. The van der Waals surface area contributed by atoms with Crippen LogP contribution in [-0.2, 0) is 4.79 Å². The van der Waals surface area contributed by atoms with E-state index in [1.807, 2.05) is 11.8 Å². The number of hydrogen-bond acceptors (Lipinski definition) is 3. The smallest absolute Gasteiger partial charge is 0.237 e. The summed E-state index contributed by atoms with van der Waals surface area (Å²) in [5.41, 5.74) is 5.98. The molecule has 0 aromatic heterocycles. The number of piperidine rings is 1. The van der Waals surface area contributed by atoms with Gasteiger partial charge in [-0.15, -0.1) is 0 Å². The van der Waals surface area contributed by atoms with Crippen molar-refractivity contribution in [1.82, 2.24) is 9.80 Å². The average molecular weight is 241 g/mol. The van der Waals surface area contributed by atoms with Crippen molar-refractivity contribution >= 4 is 5.91 Å². The van der Waals surface area contributed by atoms with Crippen LogP contribution >= 0.6 is 0 Å². The molecule has 4 heteroatoms. The van der Waals surface area contributed by atoms with Crippen molar-refractivity contribution in [2.75, 3.05) is 26.2 Å². The fourth-order valence-electron chi connectivity index (χ4n) is 2.54. The number of hydrogen-bond donors (Lipinski definition) is 1. The Hall–Kier alpha value is -0.610. The van der Waals surface area contributed by atoms with Gasteiger partial charge in [0.2, 0.25) is 5.91 Å². The molecule has 1 saturated heterocycles. The average Bonchev–Trinajstić information content (AvgIpc) is 2.35. The number of likely N-dealkylation sites (N-methyl/N-ethyl adjacent to an activating group) is 1. The zero-order chi connectivity index (χ0) is 12.8. The molecule has 0 spiro atoms. The monoisotopic (exact) mass is 241 g/mol. The molecule has 0 aliphatic carbocycles. The molecule has 1 amide bonds. The first-order valence-corrected chi connectivity index (χ1v) is 6.87. The second kappa shape index (κ2) is 6.97. The molecule has 0 aromatic carbocycles. The highest BCUT2D eigenvalue weighted by molar-refractivity contribution is 5.78. The highest BCUT2D eigenvalue weighted by Crippen LogP contribution is 2.19. The molecule has 0 saturated carbocycles. The minimum atomic E-state index is 0.0796. The first-order valence-electron chi connectivity index (χ1n) is 6.87. The zero-order valence-electron chi connectivity index (χ0n) is 11.5. The molecular formula is C13H27N3O. The molecule has 1 rings (SSSR count). The second-order valence-corrected chi connectivity index (χ2v) is 4.97. The van der Waals surface area contributed by atoms with Gasteiger partial charge < -0.3 is 10.6 Å². The lowest BCUT2D eigenvalue weighted by atomic mass is 9.97. The normalized spacial score (nSPS) is 22.9. The van der Waals surface area contributed by atoms with Crippen LogP contribution in [0.25, 0.3) is 0 Å². The summed E-state index contributed by atoms with van der Waals surface area (Å²) in [6.07, 6.45) is 3.37. The van der Waals surface area contributed by atoms with Crippen LogP contribution in [0.2, 0.25) is 0 Å². The molecule has 1 aliphatic heterocycles. The summed E-state index contributed by atoms with van der Waals surface area (Å²) < 4.78 is 0. The van der Waals surface area contributed by atoms with Crippen molar-refractivity contribution in [3.05, 3.63) is 0 Å². The van der Waals surface area contributed by atoms with Gasteiger partial charge in [-0.1, -0.05) is 13.8 Å². The van der Waals surface area contributed by atoms with E-state index >= 15 is 0 Å². The molecule has 17 heavy (non-hydrogen) atoms. The van der Waals surface area contributed by atoms with Gasteiger partial charge in [0.1, 0.15) is 0 Å². The maximum Gasteiger partial charge on any atom is 0.237 e. The number of nitrogens with zero attached hydrogens (tertiary/aromatic N) is 2. The van der Waals surface area contributed by atoms with Crippen LogP contribution in [0, 0.1) is 0 Å². The molecule has 2 atom stereocenters. The number of nitrogens with two attached hydrogens (primary N) is 1. The predicted molar refractivity (Wildman–Crippen MR) is 70.8 cm³/mol. The topological polar surface area (TPSA) is 49.6 Å². The van der Waals surface area contributed by atoms with Gasteiger partial charge in [0, 0.05) is 18.6 Å². The van der Waals surface area contributed by atoms with E-state index in [0.29, 0.717) is 6.54 Å². The highest BCUT2D eigenvalue weighted by Gasteiger charge is 2.29. The molecule has 1 aliphatic rings. The molecule has 1 fully saturated rings. The van der Waals surface area contributed by atoms with Crippen LogP contribution in [0.15, 0.2) is 0 Å². The van der Waals surface area contributed by atoms with Crippen molar-refractivity contribution in [2.24, 2.45) is 5.73 Å². The lowest BCUT2D eigenvalue weighted by Crippen LogP contribution is -2.54. The molecule has 2 N–H and O–H groups in total. The maximum atomic E-state index is 12.3. The number of carbonyl (C=O) groups is 1. The largest absolute Gasteiger partial charge is 0.337 e. The van der Waals surface area contributed by atoms with Gasteiger partial charge in [-0.3, -0.25) is 9.69 Å². The SMILES string of the molecule is CCN(CC)CC(=O)N1CCCCC1C(C)N. The summed E-state index contributed by atoms with van der Waals surface area (Å²) in [4.78, 5) is 16.4. The quantitative estimate of drug-likeness (QED) is 0.783. The molecular weight excluding hydrogens is 214 g/mol. The number of carbonyl (C=O) groups excluding carboxylic acids is 1. The van der Waals surface area contributed by atoms with Crippen LogP contribution in [0.4, 0.5) is 0 Å². The van der Waals surface area contributed by atoms with Gasteiger partial charge in [-0.25, -0.2) is 0 Å². The lowest BCUT2D eigenvalue weighted by Gasteiger charge is -2.39. The standard InChI is InChI=1S/C13H27N3O/c1-4-15(5-2)10-13(17)16-9-7-6-8-12(16)11(3)14/h11-12H,4-10,14H2,1-3H3. The van der Waals surface area contributed by atoms with E-state index < -0.39 is 0 Å². The fourth-order valence-corrected chi connectivity index (χ4v) is 2.54. The van der Waals surface area contributed by atoms with Crippen LogP contribution in [0.3, 0.4) is 0 Å². The predicted octanol–water partition coefficient (Wildman–Crippen LogP) is 1.06. The molecule has 0 bridgehead atoms. The zero-order valence-corrected chi connectivity index (χ0v) is 11.5. The van der Waals surface area contributed by atoms with Crippen molar-refractivity contribution in [3.8, 4) is 0 Å². The Bertz CT molecular complexity index is 239. The summed E-state index contributed by atoms with van der Waals surface area (Å²) in [7, 11) is 0. The van der Waals surface area contributed by atoms with E-state index in [2.05, 4.69) is 18.7 Å².